The summed E-state index contributed by atoms with van der Waals surface area (Å²) >= 11 is 1.66. The molecule has 2 unspecified atom stereocenters. The van der Waals surface area contributed by atoms with Crippen molar-refractivity contribution < 1.29 is 32.3 Å². The van der Waals surface area contributed by atoms with Gasteiger partial charge in [-0.15, -0.1) is 13.2 Å². The Morgan fingerprint density at radius 3 is 2.48 bits per heavy atom. The molecule has 2 aliphatic heterocycles. The molecule has 4 heterocycles. The molecule has 3 atom stereocenters. The van der Waals surface area contributed by atoms with Crippen LogP contribution >= 0.6 is 11.3 Å². The van der Waals surface area contributed by atoms with Crippen molar-refractivity contribution in [1.29, 1.82) is 0 Å². The zero-order valence-corrected chi connectivity index (χ0v) is 24.2. The van der Waals surface area contributed by atoms with Crippen LogP contribution in [0.4, 0.5) is 18.3 Å². The number of ether oxygens (including phenoxy) is 2. The van der Waals surface area contributed by atoms with E-state index in [2.05, 4.69) is 14.8 Å². The molecule has 0 spiro atoms. The van der Waals surface area contributed by atoms with Crippen molar-refractivity contribution in [3.8, 4) is 17.0 Å². The van der Waals surface area contributed by atoms with Gasteiger partial charge in [-0.25, -0.2) is 4.98 Å². The van der Waals surface area contributed by atoms with Crippen LogP contribution in [0.2, 0.25) is 0 Å². The molecular weight excluding hydrogens is 567 g/mol. The number of halogens is 3. The predicted octanol–water partition coefficient (Wildman–Crippen LogP) is 7.67. The minimum absolute atomic E-state index is 0.00592. The molecule has 1 N–H and O–H groups in total. The number of hydrogen-bond acceptors (Lipinski definition) is 8. The molecule has 42 heavy (non-hydrogen) atoms. The Hall–Kier alpha value is -3.15. The lowest BCUT2D eigenvalue weighted by atomic mass is 9.98. The number of alkyl halides is 3. The quantitative estimate of drug-likeness (QED) is 0.223. The first-order chi connectivity index (χ1) is 20.0. The molecule has 2 aromatic heterocycles. The van der Waals surface area contributed by atoms with Crippen molar-refractivity contribution in [1.82, 2.24) is 10.1 Å². The summed E-state index contributed by atoms with van der Waals surface area (Å²) in [5, 5.41) is 15.6. The first kappa shape index (κ1) is 27.7. The molecule has 7 nitrogen and oxygen atoms in total. The van der Waals surface area contributed by atoms with Crippen molar-refractivity contribution >= 4 is 26.7 Å². The van der Waals surface area contributed by atoms with E-state index >= 15 is 0 Å². The highest BCUT2D eigenvalue weighted by molar-refractivity contribution is 7.22. The standard InChI is InChI=1S/C31H32F3N3O4S/c1-30(2,38)18-9-12-24-26(13-18)42-29(35-24)37-19-10-11-20(37)15-21(14-19)39-16-23-27(36-41-28(23)17-7-8-17)22-5-3-4-6-25(22)40-31(32,33)34/h3-6,9,12-13,17,19-21,38H,7-8,10-11,14-16H2,1-2H3/t19-,20?,21?/m0/s1. The van der Waals surface area contributed by atoms with Crippen molar-refractivity contribution in [2.75, 3.05) is 4.90 Å². The second-order valence-corrected chi connectivity index (χ2v) is 13.1. The molecule has 0 amide bonds. The van der Waals surface area contributed by atoms with E-state index in [1.807, 2.05) is 18.2 Å². The van der Waals surface area contributed by atoms with Crippen LogP contribution in [0.15, 0.2) is 47.0 Å². The van der Waals surface area contributed by atoms with Crippen LogP contribution in [0.3, 0.4) is 0 Å². The number of hydrogen-bond donors (Lipinski definition) is 1. The molecule has 11 heteroatoms. The number of aliphatic hydroxyl groups is 1. The highest BCUT2D eigenvalue weighted by Gasteiger charge is 2.43. The van der Waals surface area contributed by atoms with E-state index in [0.29, 0.717) is 29.1 Å². The molecule has 3 aliphatic rings. The summed E-state index contributed by atoms with van der Waals surface area (Å²) in [4.78, 5) is 7.38. The maximum absolute atomic E-state index is 13.1. The number of aromatic nitrogens is 2. The first-order valence-electron chi connectivity index (χ1n) is 14.4. The Labute approximate surface area is 245 Å². The van der Waals surface area contributed by atoms with Gasteiger partial charge in [0, 0.05) is 29.1 Å². The summed E-state index contributed by atoms with van der Waals surface area (Å²) in [6.07, 6.45) is 0.917. The number of fused-ring (bicyclic) bond motifs is 3. The molecule has 7 rings (SSSR count). The number of para-hydroxylation sites is 1. The summed E-state index contributed by atoms with van der Waals surface area (Å²) in [6.45, 7) is 3.79. The summed E-state index contributed by atoms with van der Waals surface area (Å²) < 4.78 is 56.9. The van der Waals surface area contributed by atoms with Gasteiger partial charge in [-0.3, -0.25) is 0 Å². The monoisotopic (exact) mass is 599 g/mol. The van der Waals surface area contributed by atoms with E-state index < -0.39 is 12.0 Å². The number of nitrogens with zero attached hydrogens (tertiary/aromatic N) is 3. The van der Waals surface area contributed by atoms with Gasteiger partial charge in [0.25, 0.3) is 0 Å². The van der Waals surface area contributed by atoms with Gasteiger partial charge in [-0.2, -0.15) is 0 Å². The van der Waals surface area contributed by atoms with Gasteiger partial charge in [0.1, 0.15) is 17.2 Å². The summed E-state index contributed by atoms with van der Waals surface area (Å²) in [6, 6.07) is 12.6. The lowest BCUT2D eigenvalue weighted by Gasteiger charge is -2.38. The number of benzene rings is 2. The average Bonchev–Trinajstić information content (AvgIpc) is 3.44. The highest BCUT2D eigenvalue weighted by Crippen LogP contribution is 2.47. The Kier molecular flexibility index (Phi) is 6.75. The first-order valence-corrected chi connectivity index (χ1v) is 15.2. The van der Waals surface area contributed by atoms with Gasteiger partial charge < -0.3 is 24.0 Å². The Morgan fingerprint density at radius 1 is 1.05 bits per heavy atom. The molecule has 2 aromatic carbocycles. The minimum Gasteiger partial charge on any atom is -0.405 e. The normalized spacial score (nSPS) is 22.7. The van der Waals surface area contributed by atoms with E-state index in [1.54, 1.807) is 37.3 Å². The third kappa shape index (κ3) is 5.38. The summed E-state index contributed by atoms with van der Waals surface area (Å²) in [5.41, 5.74) is 2.18. The van der Waals surface area contributed by atoms with Crippen molar-refractivity contribution in [2.45, 2.75) is 95.0 Å². The Morgan fingerprint density at radius 2 is 1.79 bits per heavy atom. The smallest absolute Gasteiger partial charge is 0.405 e. The van der Waals surface area contributed by atoms with Crippen molar-refractivity contribution in [2.24, 2.45) is 0 Å². The van der Waals surface area contributed by atoms with Gasteiger partial charge in [-0.05, 0) is 82.2 Å². The zero-order valence-electron chi connectivity index (χ0n) is 23.4. The molecular formula is C31H32F3N3O4S. The predicted molar refractivity (Wildman–Crippen MR) is 153 cm³/mol. The van der Waals surface area contributed by atoms with Gasteiger partial charge in [-0.1, -0.05) is 34.7 Å². The molecule has 222 valence electrons. The van der Waals surface area contributed by atoms with Crippen molar-refractivity contribution in [3.63, 3.8) is 0 Å². The van der Waals surface area contributed by atoms with Gasteiger partial charge >= 0.3 is 6.36 Å². The molecule has 0 radical (unpaired) electrons. The number of rotatable bonds is 8. The van der Waals surface area contributed by atoms with Gasteiger partial charge in [0.15, 0.2) is 5.13 Å². The lowest BCUT2D eigenvalue weighted by molar-refractivity contribution is -0.274. The third-order valence-electron chi connectivity index (χ3n) is 8.59. The van der Waals surface area contributed by atoms with Gasteiger partial charge in [0.05, 0.1) is 28.5 Å². The van der Waals surface area contributed by atoms with E-state index in [9.17, 15) is 18.3 Å². The number of piperidine rings is 1. The van der Waals surface area contributed by atoms with E-state index in [4.69, 9.17) is 14.2 Å². The minimum atomic E-state index is -4.82. The third-order valence-corrected chi connectivity index (χ3v) is 9.62. The topological polar surface area (TPSA) is 80.9 Å². The molecule has 1 saturated carbocycles. The van der Waals surface area contributed by atoms with Crippen LogP contribution in [0.5, 0.6) is 5.75 Å². The molecule has 3 fully saturated rings. The maximum Gasteiger partial charge on any atom is 0.573 e. The molecule has 2 bridgehead atoms. The van der Waals surface area contributed by atoms with Crippen LogP contribution in [0, 0.1) is 0 Å². The van der Waals surface area contributed by atoms with Crippen LogP contribution in [0.1, 0.15) is 75.2 Å². The summed E-state index contributed by atoms with van der Waals surface area (Å²) in [7, 11) is 0. The number of thiazole rings is 1. The summed E-state index contributed by atoms with van der Waals surface area (Å²) in [5.74, 6) is 0.611. The highest BCUT2D eigenvalue weighted by atomic mass is 32.1. The lowest BCUT2D eigenvalue weighted by Crippen LogP contribution is -2.45. The van der Waals surface area contributed by atoms with Crippen LogP contribution in [0.25, 0.3) is 21.5 Å². The van der Waals surface area contributed by atoms with Crippen molar-refractivity contribution in [3.05, 3.63) is 59.4 Å². The van der Waals surface area contributed by atoms with E-state index in [-0.39, 0.29) is 29.9 Å². The van der Waals surface area contributed by atoms with Crippen LogP contribution in [-0.4, -0.2) is 39.8 Å². The fraction of sp³-hybridized carbons (Fsp3) is 0.484. The average molecular weight is 600 g/mol. The van der Waals surface area contributed by atoms with Crippen LogP contribution in [-0.2, 0) is 16.9 Å². The largest absolute Gasteiger partial charge is 0.573 e. The van der Waals surface area contributed by atoms with Crippen LogP contribution < -0.4 is 9.64 Å². The fourth-order valence-corrected chi connectivity index (χ4v) is 7.54. The maximum atomic E-state index is 13.1. The molecule has 1 aliphatic carbocycles. The molecule has 4 aromatic rings. The fourth-order valence-electron chi connectivity index (χ4n) is 6.40. The van der Waals surface area contributed by atoms with E-state index in [1.165, 1.54) is 12.1 Å². The van der Waals surface area contributed by atoms with E-state index in [0.717, 1.165) is 59.4 Å². The Bertz CT molecular complexity index is 1590. The van der Waals surface area contributed by atoms with Gasteiger partial charge in [0.2, 0.25) is 0 Å². The Balaban J connectivity index is 1.09. The zero-order chi connectivity index (χ0) is 29.2. The second-order valence-electron chi connectivity index (χ2n) is 12.1. The molecule has 2 saturated heterocycles. The number of anilines is 1. The SMILES string of the molecule is CC(C)(O)c1ccc2nc(N3C4CC[C@H]3CC(OCc3c(-c5ccccc5OC(F)(F)F)noc3C3CC3)C4)sc2c1. The second kappa shape index (κ2) is 10.2.